The standard InChI is InChI=1S/C7H8F4.C7H6F4/c2*1-4-5(2)7(10,11)3-6(4,8)9/h3H2,1-2H3;1-3H2. The van der Waals surface area contributed by atoms with Crippen LogP contribution in [-0.4, -0.2) is 23.7 Å². The van der Waals surface area contributed by atoms with Gasteiger partial charge in [-0.3, -0.25) is 0 Å². The normalized spacial score (nSPS) is 27.7. The molecule has 0 atom stereocenters. The van der Waals surface area contributed by atoms with E-state index < -0.39 is 58.8 Å². The van der Waals surface area contributed by atoms with E-state index in [2.05, 4.69) is 13.2 Å². The zero-order valence-electron chi connectivity index (χ0n) is 11.9. The van der Waals surface area contributed by atoms with Crippen LogP contribution in [-0.2, 0) is 0 Å². The number of hydrogen-bond donors (Lipinski definition) is 0. The lowest BCUT2D eigenvalue weighted by atomic mass is 10.1. The molecule has 0 bridgehead atoms. The maximum absolute atomic E-state index is 12.5. The summed E-state index contributed by atoms with van der Waals surface area (Å²) in [5, 5.41) is 0. The van der Waals surface area contributed by atoms with Crippen molar-refractivity contribution in [3.05, 3.63) is 35.5 Å². The molecule has 126 valence electrons. The molecule has 1 fully saturated rings. The second-order valence-electron chi connectivity index (χ2n) is 5.38. The van der Waals surface area contributed by atoms with Crippen molar-refractivity contribution < 1.29 is 35.1 Å². The van der Waals surface area contributed by atoms with Gasteiger partial charge in [-0.05, 0) is 13.8 Å². The van der Waals surface area contributed by atoms with Gasteiger partial charge in [-0.15, -0.1) is 0 Å². The fourth-order valence-electron chi connectivity index (χ4n) is 2.03. The van der Waals surface area contributed by atoms with Gasteiger partial charge in [0.15, 0.2) is 0 Å². The quantitative estimate of drug-likeness (QED) is 0.390. The Labute approximate surface area is 122 Å². The molecule has 2 rings (SSSR count). The average Bonchev–Trinajstić information content (AvgIpc) is 2.54. The van der Waals surface area contributed by atoms with Crippen LogP contribution in [0.2, 0.25) is 0 Å². The van der Waals surface area contributed by atoms with Crippen molar-refractivity contribution in [3.8, 4) is 0 Å². The number of halogens is 8. The molecule has 0 nitrogen and oxygen atoms in total. The SMILES string of the molecule is C=C1C(=C)C(F)(F)CC1(F)F.CC1=C(C)C(F)(F)CC1(F)F. The first-order valence-electron chi connectivity index (χ1n) is 6.13. The molecule has 1 saturated carbocycles. The van der Waals surface area contributed by atoms with Crippen LogP contribution in [0.4, 0.5) is 35.1 Å². The predicted molar refractivity (Wildman–Crippen MR) is 65.7 cm³/mol. The number of rotatable bonds is 0. The van der Waals surface area contributed by atoms with Crippen molar-refractivity contribution >= 4 is 0 Å². The molecule has 0 spiro atoms. The summed E-state index contributed by atoms with van der Waals surface area (Å²) in [6.45, 7) is 7.81. The van der Waals surface area contributed by atoms with Crippen LogP contribution in [0.5, 0.6) is 0 Å². The molecule has 0 aromatic rings. The Morgan fingerprint density at radius 3 is 0.909 bits per heavy atom. The van der Waals surface area contributed by atoms with Gasteiger partial charge in [0.05, 0.1) is 12.8 Å². The lowest BCUT2D eigenvalue weighted by Crippen LogP contribution is -2.20. The Kier molecular flexibility index (Phi) is 4.33. The molecule has 0 radical (unpaired) electrons. The minimum absolute atomic E-state index is 0.484. The molecule has 2 aliphatic rings. The average molecular weight is 334 g/mol. The second-order valence-corrected chi connectivity index (χ2v) is 5.38. The van der Waals surface area contributed by atoms with Gasteiger partial charge < -0.3 is 0 Å². The van der Waals surface area contributed by atoms with Crippen molar-refractivity contribution in [2.24, 2.45) is 0 Å². The highest BCUT2D eigenvalue weighted by atomic mass is 19.3. The molecule has 0 aliphatic heterocycles. The number of hydrogen-bond acceptors (Lipinski definition) is 0. The highest BCUT2D eigenvalue weighted by molar-refractivity contribution is 5.43. The Hall–Kier alpha value is -1.34. The van der Waals surface area contributed by atoms with Gasteiger partial charge in [0.25, 0.3) is 23.7 Å². The van der Waals surface area contributed by atoms with Crippen molar-refractivity contribution in [2.45, 2.75) is 50.4 Å². The number of alkyl halides is 8. The van der Waals surface area contributed by atoms with Crippen LogP contribution in [0.1, 0.15) is 26.7 Å². The van der Waals surface area contributed by atoms with E-state index in [0.29, 0.717) is 0 Å². The first-order valence-corrected chi connectivity index (χ1v) is 6.13. The summed E-state index contributed by atoms with van der Waals surface area (Å²) < 4.78 is 100.0. The van der Waals surface area contributed by atoms with Gasteiger partial charge in [0.2, 0.25) is 0 Å². The molecule has 0 heterocycles. The van der Waals surface area contributed by atoms with Gasteiger partial charge in [0.1, 0.15) is 0 Å². The summed E-state index contributed by atoms with van der Waals surface area (Å²) >= 11 is 0. The lowest BCUT2D eigenvalue weighted by molar-refractivity contribution is -0.0437. The summed E-state index contributed by atoms with van der Waals surface area (Å²) in [5.41, 5.74) is -2.66. The van der Waals surface area contributed by atoms with Crippen LogP contribution < -0.4 is 0 Å². The van der Waals surface area contributed by atoms with E-state index in [1.165, 1.54) is 0 Å². The van der Waals surface area contributed by atoms with E-state index in [9.17, 15) is 35.1 Å². The largest absolute Gasteiger partial charge is 0.279 e. The van der Waals surface area contributed by atoms with E-state index in [1.54, 1.807) is 0 Å². The van der Waals surface area contributed by atoms with Crippen LogP contribution in [0.15, 0.2) is 35.5 Å². The Balaban J connectivity index is 0.000000220. The summed E-state index contributed by atoms with van der Waals surface area (Å²) in [7, 11) is 0. The summed E-state index contributed by atoms with van der Waals surface area (Å²) in [6, 6.07) is 0. The van der Waals surface area contributed by atoms with E-state index in [1.807, 2.05) is 0 Å². The van der Waals surface area contributed by atoms with Crippen LogP contribution in [0.3, 0.4) is 0 Å². The summed E-state index contributed by atoms with van der Waals surface area (Å²) in [5.74, 6) is -13.6. The Bertz CT molecular complexity index is 489. The van der Waals surface area contributed by atoms with Gasteiger partial charge in [-0.2, -0.15) is 0 Å². The maximum atomic E-state index is 12.5. The van der Waals surface area contributed by atoms with Gasteiger partial charge in [0, 0.05) is 22.3 Å². The summed E-state index contributed by atoms with van der Waals surface area (Å²) in [4.78, 5) is 0. The zero-order chi connectivity index (χ0) is 17.7. The Morgan fingerprint density at radius 1 is 0.591 bits per heavy atom. The molecule has 0 saturated heterocycles. The molecule has 8 heteroatoms. The van der Waals surface area contributed by atoms with Gasteiger partial charge >= 0.3 is 0 Å². The predicted octanol–water partition coefficient (Wildman–Crippen LogP) is 5.77. The first kappa shape index (κ1) is 18.7. The molecule has 0 N–H and O–H groups in total. The van der Waals surface area contributed by atoms with Crippen LogP contribution >= 0.6 is 0 Å². The van der Waals surface area contributed by atoms with Gasteiger partial charge in [-0.25, -0.2) is 35.1 Å². The van der Waals surface area contributed by atoms with Crippen LogP contribution in [0.25, 0.3) is 0 Å². The smallest absolute Gasteiger partial charge is 0.201 e. The molecule has 0 aromatic carbocycles. The van der Waals surface area contributed by atoms with E-state index >= 15 is 0 Å². The second kappa shape index (κ2) is 5.09. The molecule has 22 heavy (non-hydrogen) atoms. The van der Waals surface area contributed by atoms with Gasteiger partial charge in [-0.1, -0.05) is 13.2 Å². The molecule has 0 amide bonds. The highest BCUT2D eigenvalue weighted by Gasteiger charge is 2.56. The van der Waals surface area contributed by atoms with E-state index in [0.717, 1.165) is 13.8 Å². The Morgan fingerprint density at radius 2 is 0.818 bits per heavy atom. The van der Waals surface area contributed by atoms with Crippen molar-refractivity contribution in [1.29, 1.82) is 0 Å². The third kappa shape index (κ3) is 3.20. The van der Waals surface area contributed by atoms with E-state index in [4.69, 9.17) is 0 Å². The third-order valence-electron chi connectivity index (χ3n) is 3.80. The number of allylic oxidation sites excluding steroid dienone is 4. The molecular weight excluding hydrogens is 320 g/mol. The zero-order valence-corrected chi connectivity index (χ0v) is 11.9. The monoisotopic (exact) mass is 334 g/mol. The fraction of sp³-hybridized carbons (Fsp3) is 0.571. The molecular formula is C14H14F8. The summed E-state index contributed by atoms with van der Waals surface area (Å²) in [6.07, 6.45) is -2.85. The van der Waals surface area contributed by atoms with E-state index in [-0.39, 0.29) is 0 Å². The molecule has 0 aromatic heterocycles. The maximum Gasteiger partial charge on any atom is 0.279 e. The fourth-order valence-corrected chi connectivity index (χ4v) is 2.03. The third-order valence-corrected chi connectivity index (χ3v) is 3.80. The van der Waals surface area contributed by atoms with Crippen LogP contribution in [0, 0.1) is 0 Å². The minimum atomic E-state index is -3.49. The van der Waals surface area contributed by atoms with Crippen molar-refractivity contribution in [1.82, 2.24) is 0 Å². The highest BCUT2D eigenvalue weighted by Crippen LogP contribution is 2.51. The lowest BCUT2D eigenvalue weighted by Gasteiger charge is -2.11. The van der Waals surface area contributed by atoms with Crippen molar-refractivity contribution in [2.75, 3.05) is 0 Å². The topological polar surface area (TPSA) is 0 Å². The minimum Gasteiger partial charge on any atom is -0.201 e. The molecule has 0 unspecified atom stereocenters. The van der Waals surface area contributed by atoms with Crippen molar-refractivity contribution in [3.63, 3.8) is 0 Å². The molecule has 2 aliphatic carbocycles. The first-order chi connectivity index (χ1) is 9.54.